The summed E-state index contributed by atoms with van der Waals surface area (Å²) in [5.41, 5.74) is 3.82. The van der Waals surface area contributed by atoms with Crippen LogP contribution in [-0.2, 0) is 10.8 Å². The highest BCUT2D eigenvalue weighted by Gasteiger charge is 2.37. The maximum atomic E-state index is 13.1. The van der Waals surface area contributed by atoms with Crippen molar-refractivity contribution in [3.05, 3.63) is 234 Å². The zero-order valence-corrected chi connectivity index (χ0v) is 46.9. The smallest absolute Gasteiger partial charge is 0.237 e. The number of furan rings is 2. The molecule has 17 aromatic rings. The van der Waals surface area contributed by atoms with Crippen LogP contribution in [0.15, 0.2) is 209 Å². The maximum absolute atomic E-state index is 13.1. The summed E-state index contributed by atoms with van der Waals surface area (Å²) in [7, 11) is 0. The first-order valence-corrected chi connectivity index (χ1v) is 28.1. The molecule has 0 saturated heterocycles. The molecule has 0 spiro atoms. The van der Waals surface area contributed by atoms with Gasteiger partial charge < -0.3 is 27.1 Å². The maximum Gasteiger partial charge on any atom is 0.237 e. The van der Waals surface area contributed by atoms with Crippen LogP contribution in [0.3, 0.4) is 0 Å². The summed E-state index contributed by atoms with van der Waals surface area (Å²) in [6, 6.07) is 44.1. The molecule has 11 aromatic carbocycles. The van der Waals surface area contributed by atoms with Crippen molar-refractivity contribution in [2.24, 2.45) is 0 Å². The molecule has 0 aliphatic heterocycles. The molecule has 0 atom stereocenters. The quantitative estimate of drug-likeness (QED) is 0.165. The lowest BCUT2D eigenvalue weighted by Gasteiger charge is -2.27. The largest absolute Gasteiger partial charge is 0.454 e. The number of para-hydroxylation sites is 6. The standard InChI is InChI=1S/C77H54N6O2/c1-43-33-37-62-53(39-43)50-35-36-51-49-25-13-19-31-64(49)84-74(51)70(50)82(62)68-56(42-78)69(80-58-27-15-9-21-45(58)46-22-10-16-28-59(46)80)73(72(67(68)79-8)81-60-29-17-11-23-47(60)48-24-12-18-30-61(48)81)83-63-38-34-44(76(2,3)4)40-54(63)55-41-57(77(5,6)7)66-52-26-14-20-32-65(52)85-75(66)71(55)83/h9-41H,1-7H3/i1D3,13D,19D,25D,31D,33D,35D,36D,37D,39D. The number of rotatable bonds is 4. The number of hydrogen-bond donors (Lipinski definition) is 0. The molecule has 0 fully saturated rings. The van der Waals surface area contributed by atoms with Crippen LogP contribution in [0.1, 0.15) is 80.2 Å². The molecule has 6 heterocycles. The second-order valence-corrected chi connectivity index (χ2v) is 24.1. The van der Waals surface area contributed by atoms with Gasteiger partial charge in [0.15, 0.2) is 11.2 Å². The summed E-state index contributed by atoms with van der Waals surface area (Å²) in [5.74, 6) is 0. The Balaban J connectivity index is 1.25. The molecule has 85 heavy (non-hydrogen) atoms. The molecule has 0 bridgehead atoms. The first kappa shape index (κ1) is 38.1. The van der Waals surface area contributed by atoms with Crippen molar-refractivity contribution in [3.63, 3.8) is 0 Å². The van der Waals surface area contributed by atoms with Crippen LogP contribution >= 0.6 is 0 Å². The van der Waals surface area contributed by atoms with E-state index in [2.05, 4.69) is 87.4 Å². The Bertz CT molecular complexity index is 6340. The molecule has 0 radical (unpaired) electrons. The lowest BCUT2D eigenvalue weighted by atomic mass is 9.82. The van der Waals surface area contributed by atoms with Gasteiger partial charge in [0.25, 0.3) is 0 Å². The predicted octanol–water partition coefficient (Wildman–Crippen LogP) is 21.2. The van der Waals surface area contributed by atoms with Crippen LogP contribution in [0.2, 0.25) is 0 Å². The van der Waals surface area contributed by atoms with E-state index in [0.717, 1.165) is 54.2 Å². The van der Waals surface area contributed by atoms with Gasteiger partial charge in [-0.2, -0.15) is 5.26 Å². The summed E-state index contributed by atoms with van der Waals surface area (Å²) in [4.78, 5) is 4.67. The van der Waals surface area contributed by atoms with Crippen molar-refractivity contribution in [1.29, 1.82) is 5.26 Å². The molecule has 0 aliphatic rings. The number of nitriles is 1. The third-order valence-corrected chi connectivity index (χ3v) is 17.3. The van der Waals surface area contributed by atoms with Crippen LogP contribution in [-0.4, -0.2) is 18.3 Å². The molecule has 0 N–H and O–H groups in total. The van der Waals surface area contributed by atoms with Crippen LogP contribution < -0.4 is 0 Å². The van der Waals surface area contributed by atoms with Gasteiger partial charge in [0.2, 0.25) is 5.69 Å². The number of benzene rings is 11. The summed E-state index contributed by atoms with van der Waals surface area (Å²) in [6.07, 6.45) is 0. The number of aromatic nitrogens is 4. The average Bonchev–Trinajstić information content (AvgIpc) is 1.45. The molecule has 404 valence electrons. The fourth-order valence-corrected chi connectivity index (χ4v) is 13.6. The Morgan fingerprint density at radius 3 is 1.66 bits per heavy atom. The van der Waals surface area contributed by atoms with E-state index >= 15 is 0 Å². The summed E-state index contributed by atoms with van der Waals surface area (Å²) in [6.45, 7) is 20.0. The van der Waals surface area contributed by atoms with E-state index < -0.39 is 77.8 Å². The minimum atomic E-state index is -3.19. The number of nitrogens with zero attached hydrogens (tertiary/aromatic N) is 6. The van der Waals surface area contributed by atoms with Crippen LogP contribution in [0.4, 0.5) is 5.69 Å². The summed E-state index contributed by atoms with van der Waals surface area (Å²) < 4.78 is 134. The van der Waals surface area contributed by atoms with Gasteiger partial charge in [-0.3, -0.25) is 0 Å². The van der Waals surface area contributed by atoms with Crippen molar-refractivity contribution >= 4 is 137 Å². The number of fused-ring (bicyclic) bond motifs is 20. The third-order valence-electron chi connectivity index (χ3n) is 17.3. The summed E-state index contributed by atoms with van der Waals surface area (Å²) >= 11 is 0. The van der Waals surface area contributed by atoms with Crippen LogP contribution in [0.5, 0.6) is 0 Å². The Hall–Kier alpha value is -10.8. The highest BCUT2D eigenvalue weighted by molar-refractivity contribution is 6.26. The van der Waals surface area contributed by atoms with Gasteiger partial charge in [-0.15, -0.1) is 0 Å². The van der Waals surface area contributed by atoms with E-state index in [0.29, 0.717) is 50.0 Å². The van der Waals surface area contributed by atoms with Gasteiger partial charge >= 0.3 is 0 Å². The molecular formula is C77H54N6O2. The number of hydrogen-bond acceptors (Lipinski definition) is 3. The highest BCUT2D eigenvalue weighted by Crippen LogP contribution is 2.54. The van der Waals surface area contributed by atoms with Crippen LogP contribution in [0, 0.1) is 24.8 Å². The second kappa shape index (κ2) is 17.1. The second-order valence-electron chi connectivity index (χ2n) is 24.1. The molecular weight excluding hydrogens is 1040 g/mol. The van der Waals surface area contributed by atoms with Crippen molar-refractivity contribution < 1.29 is 25.3 Å². The molecule has 0 amide bonds. The van der Waals surface area contributed by atoms with E-state index in [4.69, 9.17) is 15.7 Å². The van der Waals surface area contributed by atoms with Gasteiger partial charge in [0, 0.05) is 68.7 Å². The van der Waals surface area contributed by atoms with Crippen LogP contribution in [0.25, 0.3) is 159 Å². The van der Waals surface area contributed by atoms with E-state index in [-0.39, 0.29) is 71.9 Å². The van der Waals surface area contributed by atoms with E-state index in [1.54, 1.807) is 0 Å². The van der Waals surface area contributed by atoms with Gasteiger partial charge in [0.05, 0.1) is 91.4 Å². The Morgan fingerprint density at radius 1 is 0.471 bits per heavy atom. The Kier molecular flexibility index (Phi) is 7.68. The highest BCUT2D eigenvalue weighted by atomic mass is 16.3. The topological polar surface area (TPSA) is 74.1 Å². The van der Waals surface area contributed by atoms with Gasteiger partial charge in [-0.1, -0.05) is 174 Å². The predicted molar refractivity (Wildman–Crippen MR) is 351 cm³/mol. The van der Waals surface area contributed by atoms with Gasteiger partial charge in [0.1, 0.15) is 17.2 Å². The first-order valence-electron chi connectivity index (χ1n) is 34.1. The van der Waals surface area contributed by atoms with Gasteiger partial charge in [-0.05, 0) is 102 Å². The van der Waals surface area contributed by atoms with E-state index in [9.17, 15) is 21.4 Å². The average molecular weight is 1110 g/mol. The van der Waals surface area contributed by atoms with Crippen molar-refractivity contribution in [2.45, 2.75) is 59.2 Å². The Labute approximate surface area is 505 Å². The monoisotopic (exact) mass is 1110 g/mol. The minimum Gasteiger partial charge on any atom is -0.454 e. The van der Waals surface area contributed by atoms with Crippen molar-refractivity contribution in [2.75, 3.05) is 0 Å². The normalized spacial score (nSPS) is 14.8. The zero-order valence-electron chi connectivity index (χ0n) is 58.9. The molecule has 8 nitrogen and oxygen atoms in total. The van der Waals surface area contributed by atoms with Gasteiger partial charge in [-0.25, -0.2) is 4.85 Å². The molecule has 0 aliphatic carbocycles. The molecule has 8 heteroatoms. The zero-order chi connectivity index (χ0) is 67.9. The fraction of sp³-hybridized carbons (Fsp3) is 0.117. The first-order chi connectivity index (χ1) is 46.3. The molecule has 17 rings (SSSR count). The Morgan fingerprint density at radius 2 is 1.04 bits per heavy atom. The fourth-order valence-electron chi connectivity index (χ4n) is 13.6. The summed E-state index contributed by atoms with van der Waals surface area (Å²) in [5, 5.41) is 18.4. The molecule has 0 unspecified atom stereocenters. The van der Waals surface area contributed by atoms with Crippen molar-refractivity contribution in [1.82, 2.24) is 18.3 Å². The lowest BCUT2D eigenvalue weighted by molar-refractivity contribution is 0.591. The van der Waals surface area contributed by atoms with E-state index in [1.807, 2.05) is 124 Å². The van der Waals surface area contributed by atoms with Crippen molar-refractivity contribution in [3.8, 4) is 28.8 Å². The SMILES string of the molecule is [2H]c1c([2H])c([2H])c2c(oc3c2c([2H])c([2H])c2c4c([2H])c(C([2H])([2H])[2H])c([2H])c([2H])c4n(-c4c(C#N)c(-n5c6ccccc6c6ccccc65)c(-n5c6ccc(C(C)(C)C)cc6c6cc(C(C)(C)C)c7c8ccccc8oc7c65)c(-n5c6ccccc6c6ccccc65)c4[N+]#[C-])c32)c1[2H]. The van der Waals surface area contributed by atoms with E-state index in [1.165, 1.54) is 4.57 Å². The lowest BCUT2D eigenvalue weighted by Crippen LogP contribution is -2.15. The minimum absolute atomic E-state index is 0.183. The third kappa shape index (κ3) is 6.54. The molecule has 0 saturated carbocycles. The molecule has 6 aromatic heterocycles.